The molecule has 1 aromatic carbocycles. The van der Waals surface area contributed by atoms with Gasteiger partial charge in [0.25, 0.3) is 0 Å². The Kier molecular flexibility index (Phi) is 5.69. The van der Waals surface area contributed by atoms with Crippen LogP contribution in [-0.2, 0) is 0 Å². The highest BCUT2D eigenvalue weighted by atomic mass is 79.9. The fourth-order valence-electron chi connectivity index (χ4n) is 1.88. The number of nitrogens with zero attached hydrogens (tertiary/aromatic N) is 2. The summed E-state index contributed by atoms with van der Waals surface area (Å²) in [5.41, 5.74) is 2.95. The average molecular weight is 344 g/mol. The van der Waals surface area contributed by atoms with Gasteiger partial charge < -0.3 is 5.32 Å². The van der Waals surface area contributed by atoms with Gasteiger partial charge in [0.15, 0.2) is 0 Å². The number of anilines is 1. The van der Waals surface area contributed by atoms with E-state index in [0.717, 1.165) is 33.7 Å². The van der Waals surface area contributed by atoms with Gasteiger partial charge in [0.05, 0.1) is 5.70 Å². The molecule has 0 spiro atoms. The molecule has 21 heavy (non-hydrogen) atoms. The molecule has 4 heteroatoms. The van der Waals surface area contributed by atoms with Crippen LogP contribution < -0.4 is 5.32 Å². The first-order chi connectivity index (χ1) is 10.2. The molecule has 0 bridgehead atoms. The van der Waals surface area contributed by atoms with E-state index in [1.165, 1.54) is 0 Å². The average Bonchev–Trinajstić information content (AvgIpc) is 2.52. The normalized spacial score (nSPS) is 12.3. The van der Waals surface area contributed by atoms with E-state index in [2.05, 4.69) is 33.2 Å². The molecule has 0 unspecified atom stereocenters. The molecule has 2 rings (SSSR count). The topological polar surface area (TPSA) is 37.3 Å². The number of amidine groups is 1. The van der Waals surface area contributed by atoms with Gasteiger partial charge >= 0.3 is 0 Å². The molecule has 0 aliphatic rings. The highest BCUT2D eigenvalue weighted by molar-refractivity contribution is 9.10. The molecule has 3 nitrogen and oxygen atoms in total. The van der Waals surface area contributed by atoms with E-state index in [-0.39, 0.29) is 0 Å². The predicted octanol–water partition coefficient (Wildman–Crippen LogP) is 5.13. The molecule has 1 aromatic heterocycles. The molecule has 0 saturated heterocycles. The van der Waals surface area contributed by atoms with Gasteiger partial charge in [-0.05, 0) is 37.3 Å². The third kappa shape index (κ3) is 4.53. The zero-order valence-corrected chi connectivity index (χ0v) is 13.8. The minimum Gasteiger partial charge on any atom is -0.344 e. The fraction of sp³-hybridized carbons (Fsp3) is 0.176. The second-order valence-corrected chi connectivity index (χ2v) is 5.38. The Morgan fingerprint density at radius 3 is 2.81 bits per heavy atom. The maximum absolute atomic E-state index is 4.72. The first kappa shape index (κ1) is 15.4. The fourth-order valence-corrected chi connectivity index (χ4v) is 2.28. The maximum Gasteiger partial charge on any atom is 0.106 e. The summed E-state index contributed by atoms with van der Waals surface area (Å²) in [6.07, 6.45) is 6.41. The summed E-state index contributed by atoms with van der Waals surface area (Å²) in [6.45, 7) is 4.07. The van der Waals surface area contributed by atoms with Gasteiger partial charge in [-0.25, -0.2) is 4.99 Å². The van der Waals surface area contributed by atoms with Crippen molar-refractivity contribution in [2.24, 2.45) is 4.99 Å². The SMILES string of the molecule is C/C=C(\N=C(CC)Nc1cccc(Br)c1)c1cccnc1. The molecule has 0 amide bonds. The quantitative estimate of drug-likeness (QED) is 0.617. The number of hydrogen-bond donors (Lipinski definition) is 1. The number of aliphatic imine (C=N–C) groups is 1. The van der Waals surface area contributed by atoms with Crippen LogP contribution in [-0.4, -0.2) is 10.8 Å². The Balaban J connectivity index is 2.23. The van der Waals surface area contributed by atoms with Crippen LogP contribution >= 0.6 is 15.9 Å². The minimum atomic E-state index is 0.824. The molecule has 0 aliphatic carbocycles. The first-order valence-electron chi connectivity index (χ1n) is 6.89. The molecule has 108 valence electrons. The summed E-state index contributed by atoms with van der Waals surface area (Å²) < 4.78 is 1.04. The molecule has 0 radical (unpaired) electrons. The van der Waals surface area contributed by atoms with Crippen LogP contribution in [0.5, 0.6) is 0 Å². The summed E-state index contributed by atoms with van der Waals surface area (Å²) in [6, 6.07) is 12.0. The van der Waals surface area contributed by atoms with E-state index in [4.69, 9.17) is 4.99 Å². The predicted molar refractivity (Wildman–Crippen MR) is 93.4 cm³/mol. The van der Waals surface area contributed by atoms with Gasteiger partial charge in [-0.1, -0.05) is 35.0 Å². The molecule has 0 atom stereocenters. The second-order valence-electron chi connectivity index (χ2n) is 4.46. The van der Waals surface area contributed by atoms with Gasteiger partial charge in [0, 0.05) is 34.5 Å². The van der Waals surface area contributed by atoms with E-state index in [1.54, 1.807) is 6.20 Å². The molecular formula is C17H18BrN3. The van der Waals surface area contributed by atoms with Crippen molar-refractivity contribution in [3.8, 4) is 0 Å². The Morgan fingerprint density at radius 1 is 1.33 bits per heavy atom. The standard InChI is InChI=1S/C17H18BrN3/c1-3-16(13-7-6-10-19-12-13)21-17(4-2)20-15-9-5-8-14(18)11-15/h3,5-12H,4H2,1-2H3,(H,20,21)/b16-3-. The Morgan fingerprint density at radius 2 is 2.19 bits per heavy atom. The van der Waals surface area contributed by atoms with E-state index >= 15 is 0 Å². The molecule has 1 N–H and O–H groups in total. The number of aromatic nitrogens is 1. The van der Waals surface area contributed by atoms with Crippen LogP contribution in [0.15, 0.2) is 64.3 Å². The molecule has 2 aromatic rings. The molecule has 0 saturated carbocycles. The molecular weight excluding hydrogens is 326 g/mol. The Bertz CT molecular complexity index is 648. The second kappa shape index (κ2) is 7.74. The number of hydrogen-bond acceptors (Lipinski definition) is 2. The van der Waals surface area contributed by atoms with Crippen LogP contribution in [0, 0.1) is 0 Å². The van der Waals surface area contributed by atoms with E-state index in [0.29, 0.717) is 0 Å². The van der Waals surface area contributed by atoms with Gasteiger partial charge in [-0.3, -0.25) is 4.98 Å². The van der Waals surface area contributed by atoms with Crippen molar-refractivity contribution in [1.82, 2.24) is 4.98 Å². The van der Waals surface area contributed by atoms with Crippen LogP contribution in [0.25, 0.3) is 5.70 Å². The lowest BCUT2D eigenvalue weighted by molar-refractivity contribution is 1.24. The lowest BCUT2D eigenvalue weighted by Gasteiger charge is -2.10. The Hall–Kier alpha value is -1.94. The summed E-state index contributed by atoms with van der Waals surface area (Å²) in [7, 11) is 0. The molecule has 0 fully saturated rings. The van der Waals surface area contributed by atoms with Gasteiger partial charge in [-0.2, -0.15) is 0 Å². The number of pyridine rings is 1. The zero-order valence-electron chi connectivity index (χ0n) is 12.2. The van der Waals surface area contributed by atoms with Crippen LogP contribution in [0.4, 0.5) is 5.69 Å². The highest BCUT2D eigenvalue weighted by Crippen LogP contribution is 2.18. The Labute approximate surface area is 134 Å². The minimum absolute atomic E-state index is 0.824. The van der Waals surface area contributed by atoms with Crippen molar-refractivity contribution in [2.75, 3.05) is 5.32 Å². The van der Waals surface area contributed by atoms with Crippen molar-refractivity contribution >= 4 is 33.1 Å². The lowest BCUT2D eigenvalue weighted by atomic mass is 10.2. The van der Waals surface area contributed by atoms with Crippen molar-refractivity contribution in [2.45, 2.75) is 20.3 Å². The largest absolute Gasteiger partial charge is 0.344 e. The highest BCUT2D eigenvalue weighted by Gasteiger charge is 2.03. The van der Waals surface area contributed by atoms with Gasteiger partial charge in [0.2, 0.25) is 0 Å². The summed E-state index contributed by atoms with van der Waals surface area (Å²) in [4.78, 5) is 8.87. The number of halogens is 1. The first-order valence-corrected chi connectivity index (χ1v) is 7.69. The zero-order chi connectivity index (χ0) is 15.1. The summed E-state index contributed by atoms with van der Waals surface area (Å²) in [5.74, 6) is 0.921. The van der Waals surface area contributed by atoms with Gasteiger partial charge in [0.1, 0.15) is 5.84 Å². The summed E-state index contributed by atoms with van der Waals surface area (Å²) >= 11 is 3.48. The summed E-state index contributed by atoms with van der Waals surface area (Å²) in [5, 5.41) is 3.36. The number of benzene rings is 1. The van der Waals surface area contributed by atoms with E-state index < -0.39 is 0 Å². The number of rotatable bonds is 4. The van der Waals surface area contributed by atoms with Crippen molar-refractivity contribution < 1.29 is 0 Å². The van der Waals surface area contributed by atoms with Crippen LogP contribution in [0.3, 0.4) is 0 Å². The van der Waals surface area contributed by atoms with Crippen molar-refractivity contribution in [1.29, 1.82) is 0 Å². The third-order valence-corrected chi connectivity index (χ3v) is 3.43. The third-order valence-electron chi connectivity index (χ3n) is 2.93. The maximum atomic E-state index is 4.72. The van der Waals surface area contributed by atoms with E-state index in [1.807, 2.05) is 55.6 Å². The lowest BCUT2D eigenvalue weighted by Crippen LogP contribution is -2.10. The molecule has 0 aliphatic heterocycles. The monoisotopic (exact) mass is 343 g/mol. The van der Waals surface area contributed by atoms with Gasteiger partial charge in [-0.15, -0.1) is 0 Å². The van der Waals surface area contributed by atoms with Crippen molar-refractivity contribution in [3.05, 3.63) is 64.9 Å². The van der Waals surface area contributed by atoms with Crippen LogP contribution in [0.1, 0.15) is 25.8 Å². The van der Waals surface area contributed by atoms with Crippen LogP contribution in [0.2, 0.25) is 0 Å². The molecule has 1 heterocycles. The van der Waals surface area contributed by atoms with Crippen molar-refractivity contribution in [3.63, 3.8) is 0 Å². The number of allylic oxidation sites excluding steroid dienone is 1. The number of nitrogens with one attached hydrogen (secondary N) is 1. The van der Waals surface area contributed by atoms with E-state index in [9.17, 15) is 0 Å². The smallest absolute Gasteiger partial charge is 0.106 e.